The number of carboxylic acids is 1. The van der Waals surface area contributed by atoms with E-state index in [0.29, 0.717) is 5.56 Å². The predicted molar refractivity (Wildman–Crippen MR) is 150 cm³/mol. The van der Waals surface area contributed by atoms with Crippen molar-refractivity contribution in [2.24, 2.45) is 0 Å². The predicted octanol–water partition coefficient (Wildman–Crippen LogP) is 5.48. The minimum Gasteiger partial charge on any atom is -0.478 e. The van der Waals surface area contributed by atoms with Gasteiger partial charge < -0.3 is 19.9 Å². The molecule has 0 saturated carbocycles. The minimum absolute atomic E-state index is 0.199. The Hall–Kier alpha value is -4.40. The van der Waals surface area contributed by atoms with E-state index in [1.54, 1.807) is 52.8 Å². The molecule has 0 spiro atoms. The Labute approximate surface area is 246 Å². The van der Waals surface area contributed by atoms with Crippen LogP contribution in [0.1, 0.15) is 48.7 Å². The molecule has 3 N–H and O–H groups in total. The molecule has 2 aromatic carbocycles. The molecule has 0 saturated heterocycles. The molecule has 3 rings (SSSR count). The van der Waals surface area contributed by atoms with Crippen molar-refractivity contribution < 1.29 is 45.8 Å². The van der Waals surface area contributed by atoms with Crippen LogP contribution in [0.2, 0.25) is 0 Å². The molecular formula is C28H31F3N4O7S. The van der Waals surface area contributed by atoms with E-state index >= 15 is 0 Å². The molecule has 1 heterocycles. The number of anilines is 1. The number of hydrogen-bond acceptors (Lipinski definition) is 8. The van der Waals surface area contributed by atoms with Gasteiger partial charge in [-0.2, -0.15) is 18.2 Å². The van der Waals surface area contributed by atoms with Crippen LogP contribution in [0.3, 0.4) is 0 Å². The number of ether oxygens (including phenoxy) is 2. The molecule has 15 heteroatoms. The van der Waals surface area contributed by atoms with Gasteiger partial charge in [0.15, 0.2) is 0 Å². The average Bonchev–Trinajstić information content (AvgIpc) is 2.85. The number of aromatic nitrogens is 2. The molecule has 232 valence electrons. The SMILES string of the molecule is Cc1cccc(C)c1-c1cc(OCC(CC(F)(F)F)NC(=O)OC(C)(C)C)nc(NS(=O)(=O)c2cccc(C(=O)O)c2)n1. The number of carbonyl (C=O) groups is 2. The van der Waals surface area contributed by atoms with Crippen LogP contribution in [-0.4, -0.2) is 60.0 Å². The molecule has 1 unspecified atom stereocenters. The highest BCUT2D eigenvalue weighted by molar-refractivity contribution is 7.92. The first kappa shape index (κ1) is 33.1. The van der Waals surface area contributed by atoms with E-state index in [0.717, 1.165) is 17.2 Å². The summed E-state index contributed by atoms with van der Waals surface area (Å²) in [6, 6.07) is 9.71. The summed E-state index contributed by atoms with van der Waals surface area (Å²) in [6.07, 6.45) is -7.19. The highest BCUT2D eigenvalue weighted by atomic mass is 32.2. The number of sulfonamides is 1. The number of aromatic carboxylic acids is 1. The second kappa shape index (κ2) is 12.9. The minimum atomic E-state index is -4.66. The molecule has 11 nitrogen and oxygen atoms in total. The lowest BCUT2D eigenvalue weighted by molar-refractivity contribution is -0.141. The molecule has 1 amide bonds. The van der Waals surface area contributed by atoms with E-state index in [1.807, 2.05) is 0 Å². The maximum Gasteiger partial charge on any atom is 0.407 e. The zero-order chi connectivity index (χ0) is 32.2. The van der Waals surface area contributed by atoms with Gasteiger partial charge in [0.2, 0.25) is 11.8 Å². The quantitative estimate of drug-likeness (QED) is 0.266. The van der Waals surface area contributed by atoms with Crippen molar-refractivity contribution in [3.8, 4) is 17.1 Å². The number of alkyl halides is 3. The summed E-state index contributed by atoms with van der Waals surface area (Å²) in [5, 5.41) is 11.4. The number of benzene rings is 2. The number of halogens is 3. The average molecular weight is 625 g/mol. The Morgan fingerprint density at radius 1 is 1.00 bits per heavy atom. The molecule has 0 fully saturated rings. The van der Waals surface area contributed by atoms with Crippen molar-refractivity contribution >= 4 is 28.0 Å². The lowest BCUT2D eigenvalue weighted by Gasteiger charge is -2.24. The van der Waals surface area contributed by atoms with Crippen LogP contribution in [-0.2, 0) is 14.8 Å². The van der Waals surface area contributed by atoms with Gasteiger partial charge in [-0.1, -0.05) is 24.3 Å². The first-order valence-corrected chi connectivity index (χ1v) is 14.3. The number of amides is 1. The summed E-state index contributed by atoms with van der Waals surface area (Å²) >= 11 is 0. The number of alkyl carbamates (subject to hydrolysis) is 1. The van der Waals surface area contributed by atoms with Crippen molar-refractivity contribution in [2.45, 2.75) is 63.8 Å². The third kappa shape index (κ3) is 9.84. The molecule has 3 aromatic rings. The number of rotatable bonds is 10. The highest BCUT2D eigenvalue weighted by Gasteiger charge is 2.34. The van der Waals surface area contributed by atoms with Gasteiger partial charge in [-0.05, 0) is 63.9 Å². The molecule has 0 bridgehead atoms. The van der Waals surface area contributed by atoms with Crippen molar-refractivity contribution in [3.63, 3.8) is 0 Å². The van der Waals surface area contributed by atoms with E-state index in [-0.39, 0.29) is 22.0 Å². The molecular weight excluding hydrogens is 593 g/mol. The van der Waals surface area contributed by atoms with Crippen molar-refractivity contribution in [1.29, 1.82) is 0 Å². The van der Waals surface area contributed by atoms with Crippen molar-refractivity contribution in [2.75, 3.05) is 11.3 Å². The number of carboxylic acid groups (broad SMARTS) is 1. The number of carbonyl (C=O) groups excluding carboxylic acids is 1. The zero-order valence-electron chi connectivity index (χ0n) is 23.9. The van der Waals surface area contributed by atoms with Gasteiger partial charge >= 0.3 is 18.2 Å². The Bertz CT molecular complexity index is 1590. The summed E-state index contributed by atoms with van der Waals surface area (Å²) in [5.41, 5.74) is 1.08. The fourth-order valence-electron chi connectivity index (χ4n) is 3.96. The van der Waals surface area contributed by atoms with Crippen LogP contribution in [0.25, 0.3) is 11.3 Å². The lowest BCUT2D eigenvalue weighted by Crippen LogP contribution is -2.44. The fraction of sp³-hybridized carbons (Fsp3) is 0.357. The Balaban J connectivity index is 2.00. The smallest absolute Gasteiger partial charge is 0.407 e. The summed E-state index contributed by atoms with van der Waals surface area (Å²) in [7, 11) is -4.41. The molecule has 1 aromatic heterocycles. The molecule has 0 aliphatic rings. The molecule has 1 atom stereocenters. The molecule has 0 aliphatic carbocycles. The van der Waals surface area contributed by atoms with Gasteiger partial charge in [0.05, 0.1) is 28.6 Å². The first-order valence-electron chi connectivity index (χ1n) is 12.8. The number of aryl methyl sites for hydroxylation is 2. The van der Waals surface area contributed by atoms with Crippen LogP contribution in [0, 0.1) is 13.8 Å². The zero-order valence-corrected chi connectivity index (χ0v) is 24.8. The third-order valence-electron chi connectivity index (χ3n) is 5.69. The standard InChI is InChI=1S/C28H31F3N4O7S/c1-16-8-6-9-17(2)23(16)21-13-22(41-15-19(14-28(29,30)31)32-26(38)42-27(3,4)5)34-25(33-21)35-43(39,40)20-11-7-10-18(12-20)24(36)37/h6-13,19H,14-15H2,1-5H3,(H,32,38)(H,36,37)(H,33,34,35). The van der Waals surface area contributed by atoms with Crippen LogP contribution in [0.5, 0.6) is 5.88 Å². The second-order valence-electron chi connectivity index (χ2n) is 10.6. The maximum atomic E-state index is 13.3. The Morgan fingerprint density at radius 3 is 2.21 bits per heavy atom. The molecule has 0 aliphatic heterocycles. The third-order valence-corrected chi connectivity index (χ3v) is 7.01. The monoisotopic (exact) mass is 624 g/mol. The van der Waals surface area contributed by atoms with E-state index in [1.165, 1.54) is 24.3 Å². The fourth-order valence-corrected chi connectivity index (χ4v) is 4.95. The van der Waals surface area contributed by atoms with Crippen LogP contribution in [0.15, 0.2) is 53.4 Å². The van der Waals surface area contributed by atoms with Crippen molar-refractivity contribution in [1.82, 2.24) is 15.3 Å². The normalized spacial score (nSPS) is 12.7. The molecule has 0 radical (unpaired) electrons. The number of nitrogens with zero attached hydrogens (tertiary/aromatic N) is 2. The van der Waals surface area contributed by atoms with Gasteiger partial charge in [-0.15, -0.1) is 0 Å². The summed E-state index contributed by atoms with van der Waals surface area (Å²) in [6.45, 7) is 7.54. The highest BCUT2D eigenvalue weighted by Crippen LogP contribution is 2.30. The Morgan fingerprint density at radius 2 is 1.63 bits per heavy atom. The summed E-state index contributed by atoms with van der Waals surface area (Å²) < 4.78 is 78.9. The van der Waals surface area contributed by atoms with Crippen LogP contribution < -0.4 is 14.8 Å². The largest absolute Gasteiger partial charge is 0.478 e. The van der Waals surface area contributed by atoms with Gasteiger partial charge in [-0.25, -0.2) is 27.7 Å². The van der Waals surface area contributed by atoms with Gasteiger partial charge in [0.25, 0.3) is 10.0 Å². The summed E-state index contributed by atoms with van der Waals surface area (Å²) in [5.74, 6) is -2.11. The first-order chi connectivity index (χ1) is 19.8. The van der Waals surface area contributed by atoms with Gasteiger partial charge in [-0.3, -0.25) is 0 Å². The van der Waals surface area contributed by atoms with Gasteiger partial charge in [0, 0.05) is 11.6 Å². The van der Waals surface area contributed by atoms with Gasteiger partial charge in [0.1, 0.15) is 12.2 Å². The van der Waals surface area contributed by atoms with Crippen LogP contribution >= 0.6 is 0 Å². The Kier molecular flexibility index (Phi) is 9.90. The molecule has 43 heavy (non-hydrogen) atoms. The van der Waals surface area contributed by atoms with E-state index in [9.17, 15) is 36.3 Å². The van der Waals surface area contributed by atoms with E-state index in [2.05, 4.69) is 20.0 Å². The number of nitrogens with one attached hydrogen (secondary N) is 2. The second-order valence-corrected chi connectivity index (χ2v) is 12.3. The van der Waals surface area contributed by atoms with E-state index in [4.69, 9.17) is 9.47 Å². The lowest BCUT2D eigenvalue weighted by atomic mass is 10.00. The van der Waals surface area contributed by atoms with Crippen molar-refractivity contribution in [3.05, 3.63) is 65.2 Å². The topological polar surface area (TPSA) is 157 Å². The van der Waals surface area contributed by atoms with E-state index < -0.39 is 58.9 Å². The maximum absolute atomic E-state index is 13.3. The summed E-state index contributed by atoms with van der Waals surface area (Å²) in [4.78, 5) is 31.5. The van der Waals surface area contributed by atoms with Crippen LogP contribution in [0.4, 0.5) is 23.9 Å². The number of hydrogen-bond donors (Lipinski definition) is 3.